The third kappa shape index (κ3) is 18.4. The van der Waals surface area contributed by atoms with Gasteiger partial charge in [-0.25, -0.2) is 0 Å². The second-order valence-electron chi connectivity index (χ2n) is 17.9. The van der Waals surface area contributed by atoms with Crippen molar-refractivity contribution < 1.29 is 89.4 Å². The lowest BCUT2D eigenvalue weighted by molar-refractivity contribution is -0.379. The number of carbonyl (C=O) groups excluding carboxylic acids is 1. The van der Waals surface area contributed by atoms with E-state index in [1.165, 1.54) is 70.6 Å². The zero-order chi connectivity index (χ0) is 47.0. The number of ether oxygens (including phenoxy) is 6. The molecule has 3 aliphatic heterocycles. The van der Waals surface area contributed by atoms with Crippen LogP contribution >= 0.6 is 0 Å². The van der Waals surface area contributed by atoms with E-state index in [0.717, 1.165) is 44.9 Å². The van der Waals surface area contributed by atoms with Gasteiger partial charge in [-0.15, -0.1) is 0 Å². The Morgan fingerprint density at radius 3 is 1.36 bits per heavy atom. The van der Waals surface area contributed by atoms with E-state index in [9.17, 15) is 61.0 Å². The van der Waals surface area contributed by atoms with Crippen LogP contribution < -0.4 is 5.32 Å². The molecule has 378 valence electrons. The summed E-state index contributed by atoms with van der Waals surface area (Å²) in [6.07, 6.45) is -4.70. The topological polar surface area (TPSA) is 307 Å². The number of hydrogen-bond acceptors (Lipinski definition) is 18. The van der Waals surface area contributed by atoms with E-state index in [1.54, 1.807) is 0 Å². The molecule has 19 nitrogen and oxygen atoms in total. The van der Waals surface area contributed by atoms with Gasteiger partial charge in [0.2, 0.25) is 5.91 Å². The molecule has 3 heterocycles. The Balaban J connectivity index is 1.58. The summed E-state index contributed by atoms with van der Waals surface area (Å²) in [6, 6.07) is -0.875. The zero-order valence-electron chi connectivity index (χ0n) is 38.3. The first-order chi connectivity index (χ1) is 30.8. The van der Waals surface area contributed by atoms with E-state index in [0.29, 0.717) is 12.8 Å². The van der Waals surface area contributed by atoms with Gasteiger partial charge in [0.05, 0.1) is 38.6 Å². The van der Waals surface area contributed by atoms with Crippen molar-refractivity contribution in [2.24, 2.45) is 0 Å². The van der Waals surface area contributed by atoms with Crippen LogP contribution in [0.1, 0.15) is 149 Å². The van der Waals surface area contributed by atoms with Crippen molar-refractivity contribution in [1.82, 2.24) is 5.32 Å². The van der Waals surface area contributed by atoms with E-state index < -0.39 is 124 Å². The minimum atomic E-state index is -1.97. The molecule has 0 saturated carbocycles. The lowest BCUT2D eigenvalue weighted by atomic mass is 9.96. The average Bonchev–Trinajstić information content (AvgIpc) is 3.29. The number of hydrogen-bond donors (Lipinski definition) is 12. The summed E-state index contributed by atoms with van der Waals surface area (Å²) in [6.45, 7) is 1.70. The van der Waals surface area contributed by atoms with Crippen LogP contribution in [-0.4, -0.2) is 193 Å². The molecule has 17 unspecified atom stereocenters. The van der Waals surface area contributed by atoms with Crippen molar-refractivity contribution in [3.8, 4) is 0 Å². The second-order valence-corrected chi connectivity index (χ2v) is 17.9. The monoisotopic (exact) mass is 928 g/mol. The highest BCUT2D eigenvalue weighted by Crippen LogP contribution is 2.33. The fraction of sp³-hybridized carbons (Fsp3) is 0.978. The molecule has 64 heavy (non-hydrogen) atoms. The molecule has 19 heteroatoms. The van der Waals surface area contributed by atoms with E-state index in [4.69, 9.17) is 28.4 Å². The van der Waals surface area contributed by atoms with E-state index in [1.807, 2.05) is 0 Å². The Labute approximate surface area is 379 Å². The number of rotatable bonds is 33. The maximum Gasteiger partial charge on any atom is 0.220 e. The summed E-state index contributed by atoms with van der Waals surface area (Å²) in [5, 5.41) is 119. The number of amides is 1. The molecule has 3 fully saturated rings. The van der Waals surface area contributed by atoms with Gasteiger partial charge in [0.15, 0.2) is 18.9 Å². The minimum absolute atomic E-state index is 0.249. The molecular weight excluding hydrogens is 842 g/mol. The van der Waals surface area contributed by atoms with Gasteiger partial charge in [-0.3, -0.25) is 4.79 Å². The fourth-order valence-electron chi connectivity index (χ4n) is 8.55. The maximum atomic E-state index is 13.1. The Morgan fingerprint density at radius 1 is 0.500 bits per heavy atom. The quantitative estimate of drug-likeness (QED) is 0.0400. The van der Waals surface area contributed by atoms with E-state index in [2.05, 4.69) is 19.2 Å². The molecule has 12 N–H and O–H groups in total. The molecule has 3 saturated heterocycles. The van der Waals surface area contributed by atoms with Gasteiger partial charge < -0.3 is 89.9 Å². The molecule has 0 aromatic carbocycles. The van der Waals surface area contributed by atoms with Gasteiger partial charge >= 0.3 is 0 Å². The summed E-state index contributed by atoms with van der Waals surface area (Å²) in [5.74, 6) is -0.249. The number of nitrogens with one attached hydrogen (secondary N) is 1. The Bertz CT molecular complexity index is 1200. The smallest absolute Gasteiger partial charge is 0.220 e. The van der Waals surface area contributed by atoms with Gasteiger partial charge in [-0.1, -0.05) is 129 Å². The highest BCUT2D eigenvalue weighted by Gasteiger charge is 2.53. The highest BCUT2D eigenvalue weighted by atomic mass is 16.8. The van der Waals surface area contributed by atoms with Gasteiger partial charge in [0.1, 0.15) is 73.2 Å². The van der Waals surface area contributed by atoms with Crippen LogP contribution in [0.25, 0.3) is 0 Å². The van der Waals surface area contributed by atoms with Crippen LogP contribution in [0.4, 0.5) is 0 Å². The lowest BCUT2D eigenvalue weighted by Gasteiger charge is -2.48. The number of carbonyl (C=O) groups is 1. The normalized spacial score (nSPS) is 34.4. The fourth-order valence-corrected chi connectivity index (χ4v) is 8.55. The van der Waals surface area contributed by atoms with Crippen molar-refractivity contribution >= 4 is 5.91 Å². The SMILES string of the molecule is CCCCCCCCCCCCC(=O)NC(COC1OC(CO)C(OC2OC(CO)C(OC3OC(CO)C(O)C(O)C3O)C(O)C2O)C(O)C1O)C(O)CCCCCCCCCCC. The van der Waals surface area contributed by atoms with Crippen LogP contribution in [0.3, 0.4) is 0 Å². The Morgan fingerprint density at radius 2 is 0.891 bits per heavy atom. The summed E-state index contributed by atoms with van der Waals surface area (Å²) in [4.78, 5) is 13.1. The summed E-state index contributed by atoms with van der Waals surface area (Å²) in [7, 11) is 0. The maximum absolute atomic E-state index is 13.1. The predicted molar refractivity (Wildman–Crippen MR) is 231 cm³/mol. The minimum Gasteiger partial charge on any atom is -0.394 e. The molecule has 0 radical (unpaired) electrons. The number of aliphatic hydroxyl groups is 11. The lowest BCUT2D eigenvalue weighted by Crippen LogP contribution is -2.66. The first-order valence-corrected chi connectivity index (χ1v) is 24.3. The zero-order valence-corrected chi connectivity index (χ0v) is 38.3. The molecule has 0 aromatic rings. The van der Waals surface area contributed by atoms with Crippen LogP contribution in [0.15, 0.2) is 0 Å². The summed E-state index contributed by atoms with van der Waals surface area (Å²) >= 11 is 0. The van der Waals surface area contributed by atoms with E-state index in [-0.39, 0.29) is 18.9 Å². The first kappa shape index (κ1) is 57.1. The molecule has 0 bridgehead atoms. The molecule has 3 rings (SSSR count). The number of aliphatic hydroxyl groups excluding tert-OH is 11. The predicted octanol–water partition coefficient (Wildman–Crippen LogP) is 0.529. The third-order valence-electron chi connectivity index (χ3n) is 12.7. The summed E-state index contributed by atoms with van der Waals surface area (Å²) in [5.41, 5.74) is 0. The molecule has 1 amide bonds. The molecule has 0 spiro atoms. The van der Waals surface area contributed by atoms with Gasteiger partial charge in [0.25, 0.3) is 0 Å². The van der Waals surface area contributed by atoms with Crippen LogP contribution in [-0.2, 0) is 33.2 Å². The largest absolute Gasteiger partial charge is 0.394 e. The van der Waals surface area contributed by atoms with Crippen molar-refractivity contribution in [3.05, 3.63) is 0 Å². The summed E-state index contributed by atoms with van der Waals surface area (Å²) < 4.78 is 34.0. The number of unbranched alkanes of at least 4 members (excludes halogenated alkanes) is 17. The molecule has 0 aliphatic carbocycles. The molecular formula is C45H85NO18. The van der Waals surface area contributed by atoms with Crippen molar-refractivity contribution in [2.45, 2.75) is 253 Å². The second kappa shape index (κ2) is 31.8. The molecule has 0 aromatic heterocycles. The van der Waals surface area contributed by atoms with Crippen LogP contribution in [0.5, 0.6) is 0 Å². The van der Waals surface area contributed by atoms with Crippen molar-refractivity contribution in [1.29, 1.82) is 0 Å². The standard InChI is InChI=1S/C45H85NO18/c1-3-5-7-9-11-13-15-17-19-21-23-33(51)46-28(29(50)22-20-18-16-14-12-10-8-6-4-2)27-59-43-39(57)36(54)41(31(25-48)61-43)64-45-40(58)37(55)42(32(26-49)62-45)63-44-38(56)35(53)34(52)30(24-47)60-44/h28-32,34-45,47-50,52-58H,3-27H2,1-2H3,(H,46,51). The molecule has 17 atom stereocenters. The van der Waals surface area contributed by atoms with Crippen molar-refractivity contribution in [3.63, 3.8) is 0 Å². The first-order valence-electron chi connectivity index (χ1n) is 24.3. The van der Waals surface area contributed by atoms with Gasteiger partial charge in [-0.05, 0) is 12.8 Å². The van der Waals surface area contributed by atoms with Gasteiger partial charge in [-0.2, -0.15) is 0 Å². The van der Waals surface area contributed by atoms with Crippen molar-refractivity contribution in [2.75, 3.05) is 26.4 Å². The van der Waals surface area contributed by atoms with Gasteiger partial charge in [0, 0.05) is 6.42 Å². The van der Waals surface area contributed by atoms with Crippen LogP contribution in [0.2, 0.25) is 0 Å². The van der Waals surface area contributed by atoms with E-state index >= 15 is 0 Å². The Kier molecular flexibility index (Phi) is 28.3. The van der Waals surface area contributed by atoms with Crippen LogP contribution in [0, 0.1) is 0 Å². The third-order valence-corrected chi connectivity index (χ3v) is 12.7. The molecule has 3 aliphatic rings. The average molecular weight is 928 g/mol. The Hall–Kier alpha value is -1.21. The highest BCUT2D eigenvalue weighted by molar-refractivity contribution is 5.76.